The van der Waals surface area contributed by atoms with Crippen LogP contribution in [0.15, 0.2) is 81.7 Å². The first-order valence-electron chi connectivity index (χ1n) is 9.59. The minimum atomic E-state index is -0.501. The normalized spacial score (nSPS) is 10.2. The van der Waals surface area contributed by atoms with Crippen molar-refractivity contribution in [2.45, 2.75) is 0 Å². The molecule has 0 aliphatic heterocycles. The van der Waals surface area contributed by atoms with E-state index in [1.165, 1.54) is 0 Å². The molecule has 0 bridgehead atoms. The monoisotopic (exact) mass is 562 g/mol. The van der Waals surface area contributed by atoms with Crippen LogP contribution in [0.5, 0.6) is 17.2 Å². The number of carbonyl (C=O) groups is 2. The van der Waals surface area contributed by atoms with Gasteiger partial charge in [0.15, 0.2) is 6.61 Å². The molecular weight excluding hydrogens is 544 g/mol. The molecule has 0 saturated carbocycles. The number of hydrazine groups is 1. The number of nitrogens with one attached hydrogen (secondary N) is 2. The molecule has 32 heavy (non-hydrogen) atoms. The molecule has 2 amide bonds. The van der Waals surface area contributed by atoms with Crippen molar-refractivity contribution in [1.29, 1.82) is 0 Å². The fourth-order valence-corrected chi connectivity index (χ4v) is 3.69. The number of ether oxygens (including phenoxy) is 3. The molecule has 0 aromatic heterocycles. The summed E-state index contributed by atoms with van der Waals surface area (Å²) in [5.41, 5.74) is 5.02. The Morgan fingerprint density at radius 2 is 1.47 bits per heavy atom. The highest BCUT2D eigenvalue weighted by atomic mass is 79.9. The van der Waals surface area contributed by atoms with Crippen LogP contribution in [0, 0.1) is 0 Å². The molecule has 0 heterocycles. The van der Waals surface area contributed by atoms with Crippen molar-refractivity contribution in [3.05, 3.63) is 87.3 Å². The summed E-state index contributed by atoms with van der Waals surface area (Å²) >= 11 is 6.70. The highest BCUT2D eigenvalue weighted by molar-refractivity contribution is 9.11. The Morgan fingerprint density at radius 1 is 0.750 bits per heavy atom. The summed E-state index contributed by atoms with van der Waals surface area (Å²) in [7, 11) is 0. The van der Waals surface area contributed by atoms with Crippen LogP contribution in [-0.4, -0.2) is 31.6 Å². The minimum Gasteiger partial charge on any atom is -0.490 e. The molecule has 0 radical (unpaired) electrons. The van der Waals surface area contributed by atoms with Crippen molar-refractivity contribution in [1.82, 2.24) is 10.9 Å². The van der Waals surface area contributed by atoms with Crippen LogP contribution in [-0.2, 0) is 4.79 Å². The molecule has 7 nitrogen and oxygen atoms in total. The first-order chi connectivity index (χ1) is 15.5. The molecule has 0 spiro atoms. The highest BCUT2D eigenvalue weighted by Crippen LogP contribution is 2.28. The van der Waals surface area contributed by atoms with Crippen molar-refractivity contribution < 1.29 is 23.8 Å². The van der Waals surface area contributed by atoms with Gasteiger partial charge in [0.2, 0.25) is 0 Å². The number of carbonyl (C=O) groups excluding carboxylic acids is 2. The van der Waals surface area contributed by atoms with E-state index in [1.54, 1.807) is 42.5 Å². The molecule has 0 aliphatic carbocycles. The summed E-state index contributed by atoms with van der Waals surface area (Å²) in [6.07, 6.45) is 0. The molecule has 0 fully saturated rings. The van der Waals surface area contributed by atoms with Gasteiger partial charge in [-0.3, -0.25) is 20.4 Å². The second-order valence-electron chi connectivity index (χ2n) is 6.40. The lowest BCUT2D eigenvalue weighted by Gasteiger charge is -2.11. The topological polar surface area (TPSA) is 85.9 Å². The summed E-state index contributed by atoms with van der Waals surface area (Å²) in [5, 5.41) is 0. The SMILES string of the molecule is O=C(COc1ccc(Br)cc1Br)NNC(=O)c1cccc(OCCOc2ccccc2)c1. The van der Waals surface area contributed by atoms with Gasteiger partial charge in [-0.15, -0.1) is 0 Å². The Hall–Kier alpha value is -3.04. The van der Waals surface area contributed by atoms with Gasteiger partial charge in [-0.1, -0.05) is 40.2 Å². The third kappa shape index (κ3) is 7.58. The lowest BCUT2D eigenvalue weighted by Crippen LogP contribution is -2.43. The van der Waals surface area contributed by atoms with E-state index in [0.29, 0.717) is 34.7 Å². The van der Waals surface area contributed by atoms with Crippen LogP contribution in [0.3, 0.4) is 0 Å². The molecule has 0 unspecified atom stereocenters. The fraction of sp³-hybridized carbons (Fsp3) is 0.130. The van der Waals surface area contributed by atoms with Gasteiger partial charge in [0.05, 0.1) is 4.47 Å². The molecule has 0 aliphatic rings. The standard InChI is InChI=1S/C23H20Br2N2O5/c24-17-9-10-21(20(25)14-17)32-15-22(28)26-27-23(29)16-5-4-8-19(13-16)31-12-11-30-18-6-2-1-3-7-18/h1-10,13-14H,11-12,15H2,(H,26,28)(H,27,29). The molecule has 0 atom stereocenters. The molecule has 166 valence electrons. The number of amides is 2. The summed E-state index contributed by atoms with van der Waals surface area (Å²) in [4.78, 5) is 24.3. The second kappa shape index (κ2) is 12.1. The second-order valence-corrected chi connectivity index (χ2v) is 8.17. The molecular formula is C23H20Br2N2O5. The quantitative estimate of drug-likeness (QED) is 0.295. The van der Waals surface area contributed by atoms with E-state index in [4.69, 9.17) is 14.2 Å². The predicted octanol–water partition coefficient (Wildman–Crippen LogP) is 4.51. The van der Waals surface area contributed by atoms with E-state index in [-0.39, 0.29) is 6.61 Å². The van der Waals surface area contributed by atoms with E-state index >= 15 is 0 Å². The lowest BCUT2D eigenvalue weighted by atomic mass is 10.2. The molecule has 0 saturated heterocycles. The van der Waals surface area contributed by atoms with E-state index in [2.05, 4.69) is 42.7 Å². The number of rotatable bonds is 9. The van der Waals surface area contributed by atoms with Crippen molar-refractivity contribution in [3.8, 4) is 17.2 Å². The van der Waals surface area contributed by atoms with Crippen molar-refractivity contribution in [3.63, 3.8) is 0 Å². The Balaban J connectivity index is 1.41. The van der Waals surface area contributed by atoms with Gasteiger partial charge in [0, 0.05) is 10.0 Å². The van der Waals surface area contributed by atoms with Gasteiger partial charge in [0.25, 0.3) is 11.8 Å². The first kappa shape index (κ1) is 23.6. The summed E-state index contributed by atoms with van der Waals surface area (Å²) in [6, 6.07) is 21.4. The van der Waals surface area contributed by atoms with Gasteiger partial charge < -0.3 is 14.2 Å². The van der Waals surface area contributed by atoms with Crippen molar-refractivity contribution >= 4 is 43.7 Å². The van der Waals surface area contributed by atoms with Crippen molar-refractivity contribution in [2.75, 3.05) is 19.8 Å². The van der Waals surface area contributed by atoms with Gasteiger partial charge in [-0.25, -0.2) is 0 Å². The molecule has 3 aromatic carbocycles. The Labute approximate surface area is 202 Å². The predicted molar refractivity (Wildman–Crippen MR) is 127 cm³/mol. The molecule has 3 rings (SSSR count). The maximum atomic E-state index is 12.3. The highest BCUT2D eigenvalue weighted by Gasteiger charge is 2.10. The average molecular weight is 564 g/mol. The summed E-state index contributed by atoms with van der Waals surface area (Å²) in [5.74, 6) is 0.809. The Morgan fingerprint density at radius 3 is 2.22 bits per heavy atom. The van der Waals surface area contributed by atoms with Crippen LogP contribution in [0.1, 0.15) is 10.4 Å². The average Bonchev–Trinajstić information content (AvgIpc) is 2.80. The zero-order valence-corrected chi connectivity index (χ0v) is 20.0. The fourth-order valence-electron chi connectivity index (χ4n) is 2.53. The maximum Gasteiger partial charge on any atom is 0.276 e. The van der Waals surface area contributed by atoms with Crippen LogP contribution in [0.25, 0.3) is 0 Å². The van der Waals surface area contributed by atoms with Crippen LogP contribution >= 0.6 is 31.9 Å². The number of hydrogen-bond donors (Lipinski definition) is 2. The lowest BCUT2D eigenvalue weighted by molar-refractivity contribution is -0.123. The Bertz CT molecular complexity index is 1060. The summed E-state index contributed by atoms with van der Waals surface area (Å²) < 4.78 is 18.2. The van der Waals surface area contributed by atoms with E-state index in [1.807, 2.05) is 30.3 Å². The Kier molecular flexibility index (Phi) is 8.94. The third-order valence-electron chi connectivity index (χ3n) is 4.03. The first-order valence-corrected chi connectivity index (χ1v) is 11.2. The van der Waals surface area contributed by atoms with Crippen LogP contribution < -0.4 is 25.1 Å². The molecule has 3 aromatic rings. The van der Waals surface area contributed by atoms with Gasteiger partial charge in [-0.05, 0) is 64.5 Å². The van der Waals surface area contributed by atoms with E-state index in [0.717, 1.165) is 10.2 Å². The molecule has 9 heteroatoms. The molecule has 2 N–H and O–H groups in total. The van der Waals surface area contributed by atoms with Crippen molar-refractivity contribution in [2.24, 2.45) is 0 Å². The van der Waals surface area contributed by atoms with E-state index in [9.17, 15) is 9.59 Å². The maximum absolute atomic E-state index is 12.3. The largest absolute Gasteiger partial charge is 0.490 e. The number of hydrogen-bond acceptors (Lipinski definition) is 5. The number of para-hydroxylation sites is 1. The minimum absolute atomic E-state index is 0.259. The summed E-state index contributed by atoms with van der Waals surface area (Å²) in [6.45, 7) is 0.426. The van der Waals surface area contributed by atoms with Crippen LogP contribution in [0.4, 0.5) is 0 Å². The number of benzene rings is 3. The van der Waals surface area contributed by atoms with E-state index < -0.39 is 11.8 Å². The zero-order valence-electron chi connectivity index (χ0n) is 16.8. The zero-order chi connectivity index (χ0) is 22.8. The van der Waals surface area contributed by atoms with Gasteiger partial charge in [0.1, 0.15) is 30.5 Å². The van der Waals surface area contributed by atoms with Gasteiger partial charge in [-0.2, -0.15) is 0 Å². The van der Waals surface area contributed by atoms with Crippen LogP contribution in [0.2, 0.25) is 0 Å². The smallest absolute Gasteiger partial charge is 0.276 e. The number of halogens is 2. The van der Waals surface area contributed by atoms with Gasteiger partial charge >= 0.3 is 0 Å². The third-order valence-corrected chi connectivity index (χ3v) is 5.14.